The van der Waals surface area contributed by atoms with Crippen LogP contribution in [0.25, 0.3) is 0 Å². The first kappa shape index (κ1) is 21.3. The van der Waals surface area contributed by atoms with Gasteiger partial charge in [0.1, 0.15) is 18.1 Å². The highest BCUT2D eigenvalue weighted by atomic mass is 16.5. The monoisotopic (exact) mass is 384 g/mol. The van der Waals surface area contributed by atoms with Crippen molar-refractivity contribution in [2.75, 3.05) is 31.7 Å². The van der Waals surface area contributed by atoms with Crippen molar-refractivity contribution in [2.45, 2.75) is 26.7 Å². The van der Waals surface area contributed by atoms with Crippen LogP contribution in [0.5, 0.6) is 11.5 Å². The molecule has 0 unspecified atom stereocenters. The molecule has 2 aromatic rings. The number of amides is 2. The first-order valence-electron chi connectivity index (χ1n) is 9.44. The van der Waals surface area contributed by atoms with Gasteiger partial charge in [-0.15, -0.1) is 0 Å². The SMILES string of the molecule is CCc1ccc(N(CCC(=O)NCCOc2ccc(OC)cc2)C(C)=O)cc1. The lowest BCUT2D eigenvalue weighted by molar-refractivity contribution is -0.121. The summed E-state index contributed by atoms with van der Waals surface area (Å²) >= 11 is 0. The Bertz CT molecular complexity index is 757. The first-order chi connectivity index (χ1) is 13.5. The van der Waals surface area contributed by atoms with E-state index in [2.05, 4.69) is 12.2 Å². The largest absolute Gasteiger partial charge is 0.497 e. The van der Waals surface area contributed by atoms with Crippen molar-refractivity contribution in [3.63, 3.8) is 0 Å². The highest BCUT2D eigenvalue weighted by Gasteiger charge is 2.13. The van der Waals surface area contributed by atoms with Gasteiger partial charge in [-0.05, 0) is 48.4 Å². The third-order valence-electron chi connectivity index (χ3n) is 4.35. The maximum absolute atomic E-state index is 12.1. The molecule has 1 N–H and O–H groups in total. The van der Waals surface area contributed by atoms with Crippen LogP contribution in [-0.2, 0) is 16.0 Å². The molecular formula is C22H28N2O4. The molecule has 6 heteroatoms. The van der Waals surface area contributed by atoms with E-state index in [1.807, 2.05) is 48.5 Å². The number of anilines is 1. The average molecular weight is 384 g/mol. The number of methoxy groups -OCH3 is 1. The second-order valence-electron chi connectivity index (χ2n) is 6.31. The van der Waals surface area contributed by atoms with E-state index in [0.29, 0.717) is 25.4 Å². The second kappa shape index (κ2) is 11.0. The maximum atomic E-state index is 12.1. The Labute approximate surface area is 166 Å². The number of ether oxygens (including phenoxy) is 2. The Morgan fingerprint density at radius 3 is 2.21 bits per heavy atom. The van der Waals surface area contributed by atoms with E-state index >= 15 is 0 Å². The lowest BCUT2D eigenvalue weighted by Crippen LogP contribution is -2.35. The number of benzene rings is 2. The lowest BCUT2D eigenvalue weighted by Gasteiger charge is -2.21. The van der Waals surface area contributed by atoms with E-state index in [9.17, 15) is 9.59 Å². The number of carbonyl (C=O) groups is 2. The van der Waals surface area contributed by atoms with Crippen molar-refractivity contribution in [1.29, 1.82) is 0 Å². The lowest BCUT2D eigenvalue weighted by atomic mass is 10.1. The molecule has 0 aliphatic rings. The van der Waals surface area contributed by atoms with Gasteiger partial charge in [0.25, 0.3) is 0 Å². The Morgan fingerprint density at radius 1 is 1.00 bits per heavy atom. The van der Waals surface area contributed by atoms with Crippen molar-refractivity contribution in [2.24, 2.45) is 0 Å². The van der Waals surface area contributed by atoms with Crippen LogP contribution in [0.3, 0.4) is 0 Å². The first-order valence-corrected chi connectivity index (χ1v) is 9.44. The summed E-state index contributed by atoms with van der Waals surface area (Å²) in [7, 11) is 1.61. The summed E-state index contributed by atoms with van der Waals surface area (Å²) < 4.78 is 10.7. The number of hydrogen-bond acceptors (Lipinski definition) is 4. The Kier molecular flexibility index (Phi) is 8.34. The van der Waals surface area contributed by atoms with Crippen molar-refractivity contribution >= 4 is 17.5 Å². The van der Waals surface area contributed by atoms with E-state index in [0.717, 1.165) is 17.9 Å². The van der Waals surface area contributed by atoms with Crippen LogP contribution in [0.4, 0.5) is 5.69 Å². The molecule has 150 valence electrons. The van der Waals surface area contributed by atoms with Gasteiger partial charge in [0.15, 0.2) is 0 Å². The van der Waals surface area contributed by atoms with Crippen LogP contribution >= 0.6 is 0 Å². The van der Waals surface area contributed by atoms with Gasteiger partial charge in [-0.2, -0.15) is 0 Å². The normalized spacial score (nSPS) is 10.2. The summed E-state index contributed by atoms with van der Waals surface area (Å²) in [4.78, 5) is 25.6. The van der Waals surface area contributed by atoms with Gasteiger partial charge in [0.05, 0.1) is 13.7 Å². The summed E-state index contributed by atoms with van der Waals surface area (Å²) in [5.74, 6) is 1.28. The van der Waals surface area contributed by atoms with Crippen LogP contribution in [0, 0.1) is 0 Å². The van der Waals surface area contributed by atoms with Crippen molar-refractivity contribution in [1.82, 2.24) is 5.32 Å². The average Bonchev–Trinajstić information content (AvgIpc) is 2.72. The maximum Gasteiger partial charge on any atom is 0.223 e. The molecule has 0 saturated heterocycles. The molecule has 0 heterocycles. The summed E-state index contributed by atoms with van der Waals surface area (Å²) in [6, 6.07) is 15.1. The van der Waals surface area contributed by atoms with Gasteiger partial charge < -0.3 is 19.7 Å². The van der Waals surface area contributed by atoms with Crippen LogP contribution in [-0.4, -0.2) is 38.6 Å². The molecule has 2 rings (SSSR count). The van der Waals surface area contributed by atoms with Crippen molar-refractivity contribution < 1.29 is 19.1 Å². The van der Waals surface area contributed by atoms with Crippen LogP contribution in [0.15, 0.2) is 48.5 Å². The molecule has 0 saturated carbocycles. The molecule has 0 spiro atoms. The molecule has 0 fully saturated rings. The second-order valence-corrected chi connectivity index (χ2v) is 6.31. The third-order valence-corrected chi connectivity index (χ3v) is 4.35. The van der Waals surface area contributed by atoms with Gasteiger partial charge in [-0.3, -0.25) is 9.59 Å². The molecular weight excluding hydrogens is 356 g/mol. The zero-order valence-electron chi connectivity index (χ0n) is 16.7. The van der Waals surface area contributed by atoms with Gasteiger partial charge in [-0.25, -0.2) is 0 Å². The zero-order chi connectivity index (χ0) is 20.4. The quantitative estimate of drug-likeness (QED) is 0.639. The number of hydrogen-bond donors (Lipinski definition) is 1. The number of rotatable bonds is 10. The van der Waals surface area contributed by atoms with Gasteiger partial charge in [0.2, 0.25) is 11.8 Å². The van der Waals surface area contributed by atoms with Gasteiger partial charge >= 0.3 is 0 Å². The molecule has 0 atom stereocenters. The standard InChI is InChI=1S/C22H28N2O4/c1-4-18-5-7-19(8-6-18)24(17(2)25)15-13-22(26)23-14-16-28-21-11-9-20(27-3)10-12-21/h5-12H,4,13-16H2,1-3H3,(H,23,26). The van der Waals surface area contributed by atoms with Gasteiger partial charge in [-0.1, -0.05) is 19.1 Å². The van der Waals surface area contributed by atoms with Crippen molar-refractivity contribution in [3.05, 3.63) is 54.1 Å². The van der Waals surface area contributed by atoms with Crippen molar-refractivity contribution in [3.8, 4) is 11.5 Å². The number of nitrogens with one attached hydrogen (secondary N) is 1. The topological polar surface area (TPSA) is 67.9 Å². The number of nitrogens with zero attached hydrogens (tertiary/aromatic N) is 1. The van der Waals surface area contributed by atoms with Crippen LogP contribution in [0.1, 0.15) is 25.8 Å². The highest BCUT2D eigenvalue weighted by molar-refractivity contribution is 5.92. The molecule has 28 heavy (non-hydrogen) atoms. The van der Waals surface area contributed by atoms with E-state index < -0.39 is 0 Å². The van der Waals surface area contributed by atoms with E-state index in [-0.39, 0.29) is 18.2 Å². The van der Waals surface area contributed by atoms with E-state index in [1.54, 1.807) is 12.0 Å². The minimum absolute atomic E-state index is 0.0834. The predicted molar refractivity (Wildman–Crippen MR) is 110 cm³/mol. The highest BCUT2D eigenvalue weighted by Crippen LogP contribution is 2.17. The van der Waals surface area contributed by atoms with Gasteiger partial charge in [0, 0.05) is 25.6 Å². The fraction of sp³-hybridized carbons (Fsp3) is 0.364. The summed E-state index contributed by atoms with van der Waals surface area (Å²) in [5.41, 5.74) is 2.02. The molecule has 0 aromatic heterocycles. The molecule has 6 nitrogen and oxygen atoms in total. The Balaban J connectivity index is 1.73. The molecule has 0 radical (unpaired) electrons. The minimum Gasteiger partial charge on any atom is -0.497 e. The minimum atomic E-state index is -0.116. The number of carbonyl (C=O) groups excluding carboxylic acids is 2. The Morgan fingerprint density at radius 2 is 1.64 bits per heavy atom. The fourth-order valence-electron chi connectivity index (χ4n) is 2.71. The Hall–Kier alpha value is -3.02. The van der Waals surface area contributed by atoms with Crippen LogP contribution in [0.2, 0.25) is 0 Å². The fourth-order valence-corrected chi connectivity index (χ4v) is 2.71. The predicted octanol–water partition coefficient (Wildman–Crippen LogP) is 3.20. The van der Waals surface area contributed by atoms with Crippen LogP contribution < -0.4 is 19.7 Å². The summed E-state index contributed by atoms with van der Waals surface area (Å²) in [6.45, 7) is 4.70. The summed E-state index contributed by atoms with van der Waals surface area (Å²) in [5, 5.41) is 2.81. The molecule has 0 bridgehead atoms. The number of aryl methyl sites for hydroxylation is 1. The van der Waals surface area contributed by atoms with E-state index in [4.69, 9.17) is 9.47 Å². The smallest absolute Gasteiger partial charge is 0.223 e. The molecule has 2 amide bonds. The van der Waals surface area contributed by atoms with E-state index in [1.165, 1.54) is 12.5 Å². The molecule has 0 aliphatic carbocycles. The zero-order valence-corrected chi connectivity index (χ0v) is 16.7. The summed E-state index contributed by atoms with van der Waals surface area (Å²) in [6.07, 6.45) is 1.18. The third kappa shape index (κ3) is 6.61. The molecule has 2 aromatic carbocycles. The molecule has 0 aliphatic heterocycles.